The Bertz CT molecular complexity index is 1580. The number of halogens is 1. The van der Waals surface area contributed by atoms with Crippen LogP contribution in [0.2, 0.25) is 0 Å². The van der Waals surface area contributed by atoms with Gasteiger partial charge in [0.25, 0.3) is 5.91 Å². The van der Waals surface area contributed by atoms with E-state index >= 15 is 0 Å². The third-order valence-corrected chi connectivity index (χ3v) is 7.64. The number of fused-ring (bicyclic) bond motifs is 1. The molecule has 0 radical (unpaired) electrons. The minimum absolute atomic E-state index is 0.151. The molecule has 0 saturated heterocycles. The number of nitrogens with two attached hydrogens (primary N) is 1. The molecule has 174 valence electrons. The van der Waals surface area contributed by atoms with Crippen LogP contribution in [0.15, 0.2) is 72.2 Å². The van der Waals surface area contributed by atoms with Crippen LogP contribution >= 0.6 is 11.3 Å². The molecule has 0 aliphatic heterocycles. The predicted molar refractivity (Wildman–Crippen MR) is 136 cm³/mol. The predicted octanol–water partition coefficient (Wildman–Crippen LogP) is 5.82. The zero-order valence-electron chi connectivity index (χ0n) is 19.0. The van der Waals surface area contributed by atoms with Gasteiger partial charge in [-0.25, -0.2) is 14.4 Å². The van der Waals surface area contributed by atoms with Crippen molar-refractivity contribution in [1.29, 1.82) is 0 Å². The van der Waals surface area contributed by atoms with E-state index in [1.807, 2.05) is 54.9 Å². The number of carbonyl (C=O) groups is 1. The summed E-state index contributed by atoms with van der Waals surface area (Å²) in [5, 5.41) is 5.90. The Hall–Kier alpha value is -4.04. The summed E-state index contributed by atoms with van der Waals surface area (Å²) in [5.41, 5.74) is 11.3. The van der Waals surface area contributed by atoms with Crippen molar-refractivity contribution < 1.29 is 9.18 Å². The first-order chi connectivity index (χ1) is 17.0. The fourth-order valence-electron chi connectivity index (χ4n) is 4.56. The highest BCUT2D eigenvalue weighted by Gasteiger charge is 2.48. The number of rotatable bonds is 5. The van der Waals surface area contributed by atoms with Crippen LogP contribution in [0.1, 0.15) is 39.5 Å². The van der Waals surface area contributed by atoms with Gasteiger partial charge in [0.15, 0.2) is 11.5 Å². The largest absolute Gasteiger partial charge is 0.397 e. The summed E-state index contributed by atoms with van der Waals surface area (Å²) in [4.78, 5) is 22.1. The second-order valence-electron chi connectivity index (χ2n) is 8.83. The Morgan fingerprint density at radius 3 is 2.60 bits per heavy atom. The second-order valence-corrected chi connectivity index (χ2v) is 9.69. The van der Waals surface area contributed by atoms with E-state index in [4.69, 9.17) is 10.7 Å². The smallest absolute Gasteiger partial charge is 0.255 e. The Labute approximate surface area is 205 Å². The van der Waals surface area contributed by atoms with Gasteiger partial charge in [-0.15, -0.1) is 11.3 Å². The molecule has 1 aliphatic rings. The van der Waals surface area contributed by atoms with Gasteiger partial charge in [-0.3, -0.25) is 9.20 Å². The quantitative estimate of drug-likeness (QED) is 0.309. The number of anilines is 2. The van der Waals surface area contributed by atoms with Crippen molar-refractivity contribution in [3.63, 3.8) is 0 Å². The molecule has 5 aromatic rings. The third-order valence-electron chi connectivity index (χ3n) is 6.59. The molecule has 1 fully saturated rings. The van der Waals surface area contributed by atoms with Gasteiger partial charge in [0.2, 0.25) is 0 Å². The fourth-order valence-corrected chi connectivity index (χ4v) is 5.64. The van der Waals surface area contributed by atoms with E-state index in [1.54, 1.807) is 33.9 Å². The summed E-state index contributed by atoms with van der Waals surface area (Å²) in [6.45, 7) is 1.88. The van der Waals surface area contributed by atoms with Crippen LogP contribution < -0.4 is 11.1 Å². The van der Waals surface area contributed by atoms with Crippen LogP contribution in [0.5, 0.6) is 0 Å². The number of para-hydroxylation sites is 2. The summed E-state index contributed by atoms with van der Waals surface area (Å²) in [7, 11) is 0. The number of thiazole rings is 1. The monoisotopic (exact) mass is 483 g/mol. The number of hydrogen-bond acceptors (Lipinski definition) is 5. The average Bonchev–Trinajstić information content (AvgIpc) is 3.39. The molecule has 3 N–H and O–H groups in total. The topological polar surface area (TPSA) is 85.3 Å². The standard InChI is InChI=1S/C27H22FN5OS/c1-16-23(33-14-4-5-19(28)24(33)30-16)22-15-35-26(32-22)27(12-13-27)18-10-8-17(9-11-18)25(34)31-21-7-3-2-6-20(21)29/h2-11,14-15H,12-13,29H2,1H3,(H,31,34). The van der Waals surface area contributed by atoms with Crippen LogP contribution in [-0.4, -0.2) is 20.3 Å². The normalized spacial score (nSPS) is 14.2. The van der Waals surface area contributed by atoms with Crippen molar-refractivity contribution in [1.82, 2.24) is 14.4 Å². The molecule has 0 spiro atoms. The molecule has 0 unspecified atom stereocenters. The van der Waals surface area contributed by atoms with E-state index in [-0.39, 0.29) is 17.1 Å². The first kappa shape index (κ1) is 21.5. The molecule has 1 aliphatic carbocycles. The van der Waals surface area contributed by atoms with Crippen molar-refractivity contribution in [3.05, 3.63) is 99.9 Å². The molecule has 3 aromatic heterocycles. The number of hydrogen-bond donors (Lipinski definition) is 2. The number of pyridine rings is 1. The second kappa shape index (κ2) is 8.02. The lowest BCUT2D eigenvalue weighted by molar-refractivity contribution is 0.102. The lowest BCUT2D eigenvalue weighted by atomic mass is 9.95. The minimum Gasteiger partial charge on any atom is -0.397 e. The van der Waals surface area contributed by atoms with E-state index in [0.717, 1.165) is 40.5 Å². The summed E-state index contributed by atoms with van der Waals surface area (Å²) < 4.78 is 16.0. The molecular weight excluding hydrogens is 461 g/mol. The molecule has 3 heterocycles. The van der Waals surface area contributed by atoms with Crippen molar-refractivity contribution in [2.24, 2.45) is 0 Å². The Morgan fingerprint density at radius 1 is 1.09 bits per heavy atom. The zero-order valence-corrected chi connectivity index (χ0v) is 19.8. The van der Waals surface area contributed by atoms with Gasteiger partial charge in [-0.05, 0) is 61.7 Å². The van der Waals surface area contributed by atoms with Crippen LogP contribution in [0.25, 0.3) is 17.0 Å². The lowest BCUT2D eigenvalue weighted by Gasteiger charge is -2.14. The van der Waals surface area contributed by atoms with Gasteiger partial charge in [0, 0.05) is 22.6 Å². The molecule has 1 amide bonds. The number of nitrogens with zero attached hydrogens (tertiary/aromatic N) is 3. The minimum atomic E-state index is -0.352. The van der Waals surface area contributed by atoms with E-state index in [2.05, 4.69) is 10.3 Å². The first-order valence-corrected chi connectivity index (χ1v) is 12.2. The fraction of sp³-hybridized carbons (Fsp3) is 0.148. The van der Waals surface area contributed by atoms with Gasteiger partial charge in [-0.2, -0.15) is 0 Å². The van der Waals surface area contributed by atoms with Gasteiger partial charge < -0.3 is 11.1 Å². The summed E-state index contributed by atoms with van der Waals surface area (Å²) in [6, 6.07) is 18.0. The molecular formula is C27H22FN5OS. The van der Waals surface area contributed by atoms with E-state index in [0.29, 0.717) is 22.6 Å². The number of benzene rings is 2. The number of nitrogen functional groups attached to an aromatic ring is 1. The Kier molecular flexibility index (Phi) is 4.93. The van der Waals surface area contributed by atoms with Gasteiger partial charge in [-0.1, -0.05) is 24.3 Å². The van der Waals surface area contributed by atoms with Gasteiger partial charge in [0.05, 0.1) is 22.8 Å². The first-order valence-electron chi connectivity index (χ1n) is 11.3. The highest BCUT2D eigenvalue weighted by atomic mass is 32.1. The molecule has 2 aromatic carbocycles. The summed E-state index contributed by atoms with van der Waals surface area (Å²) >= 11 is 1.61. The maximum Gasteiger partial charge on any atom is 0.255 e. The van der Waals surface area contributed by atoms with Crippen LogP contribution in [0.4, 0.5) is 15.8 Å². The van der Waals surface area contributed by atoms with Crippen molar-refractivity contribution >= 4 is 34.3 Å². The maximum atomic E-state index is 14.2. The Balaban J connectivity index is 1.27. The van der Waals surface area contributed by atoms with E-state index in [9.17, 15) is 9.18 Å². The number of aryl methyl sites for hydroxylation is 1. The highest BCUT2D eigenvalue weighted by molar-refractivity contribution is 7.10. The zero-order chi connectivity index (χ0) is 24.2. The summed E-state index contributed by atoms with van der Waals surface area (Å²) in [6.07, 6.45) is 3.80. The van der Waals surface area contributed by atoms with E-state index < -0.39 is 0 Å². The Morgan fingerprint density at radius 2 is 1.86 bits per heavy atom. The number of carbonyl (C=O) groups excluding carboxylic acids is 1. The number of nitrogens with one attached hydrogen (secondary N) is 1. The molecule has 6 rings (SSSR count). The van der Waals surface area contributed by atoms with E-state index in [1.165, 1.54) is 6.07 Å². The highest BCUT2D eigenvalue weighted by Crippen LogP contribution is 2.54. The molecule has 6 nitrogen and oxygen atoms in total. The molecule has 0 bridgehead atoms. The lowest BCUT2D eigenvalue weighted by Crippen LogP contribution is -2.14. The third kappa shape index (κ3) is 3.57. The van der Waals surface area contributed by atoms with Crippen molar-refractivity contribution in [2.45, 2.75) is 25.2 Å². The molecule has 35 heavy (non-hydrogen) atoms. The van der Waals surface area contributed by atoms with Gasteiger partial charge in [0.1, 0.15) is 10.7 Å². The number of imidazole rings is 1. The number of aromatic nitrogens is 3. The van der Waals surface area contributed by atoms with Crippen molar-refractivity contribution in [2.75, 3.05) is 11.1 Å². The average molecular weight is 484 g/mol. The van der Waals surface area contributed by atoms with Crippen LogP contribution in [0.3, 0.4) is 0 Å². The summed E-state index contributed by atoms with van der Waals surface area (Å²) in [5.74, 6) is -0.554. The molecule has 0 atom stereocenters. The SMILES string of the molecule is Cc1nc2c(F)cccn2c1-c1csc(C2(c3ccc(C(=O)Nc4ccccc4N)cc3)CC2)n1. The van der Waals surface area contributed by atoms with Crippen LogP contribution in [0, 0.1) is 12.7 Å². The van der Waals surface area contributed by atoms with Crippen molar-refractivity contribution in [3.8, 4) is 11.4 Å². The van der Waals surface area contributed by atoms with Gasteiger partial charge >= 0.3 is 0 Å². The molecule has 8 heteroatoms. The van der Waals surface area contributed by atoms with Crippen LogP contribution in [-0.2, 0) is 5.41 Å². The number of amides is 1. The maximum absolute atomic E-state index is 14.2. The molecule has 1 saturated carbocycles.